The maximum Gasteiger partial charge on any atom is 0.299 e. The second-order valence-electron chi connectivity index (χ2n) is 3.32. The first-order chi connectivity index (χ1) is 8.00. The molecule has 0 aromatic heterocycles. The minimum absolute atomic E-state index is 0.0800. The number of nitrogens with one attached hydrogen (secondary N) is 2. The van der Waals surface area contributed by atoms with Gasteiger partial charge in [0.15, 0.2) is 6.29 Å². The second kappa shape index (κ2) is 5.74. The van der Waals surface area contributed by atoms with Gasteiger partial charge in [0.05, 0.1) is 11.3 Å². The summed E-state index contributed by atoms with van der Waals surface area (Å²) in [7, 11) is -3.77. The van der Waals surface area contributed by atoms with E-state index in [1.807, 2.05) is 6.92 Å². The lowest BCUT2D eigenvalue weighted by Gasteiger charge is -2.10. The zero-order valence-corrected chi connectivity index (χ0v) is 10.1. The molecule has 0 amide bonds. The van der Waals surface area contributed by atoms with Crippen LogP contribution in [0.3, 0.4) is 0 Å². The predicted octanol–water partition coefficient (Wildman–Crippen LogP) is 1.29. The number of hydrogen-bond acceptors (Lipinski definition) is 3. The fraction of sp³-hybridized carbons (Fsp3) is 0.300. The van der Waals surface area contributed by atoms with Crippen molar-refractivity contribution < 1.29 is 17.6 Å². The van der Waals surface area contributed by atoms with Gasteiger partial charge in [-0.25, -0.2) is 4.39 Å². The Hall–Kier alpha value is -1.47. The van der Waals surface area contributed by atoms with Crippen LogP contribution in [0.2, 0.25) is 0 Å². The number of anilines is 1. The van der Waals surface area contributed by atoms with Crippen LogP contribution in [0, 0.1) is 5.82 Å². The summed E-state index contributed by atoms with van der Waals surface area (Å²) in [5.74, 6) is -0.768. The molecule has 0 saturated heterocycles. The lowest BCUT2D eigenvalue weighted by molar-refractivity contribution is 0.112. The molecule has 7 heteroatoms. The lowest BCUT2D eigenvalue weighted by Crippen LogP contribution is -2.31. The molecule has 2 N–H and O–H groups in total. The van der Waals surface area contributed by atoms with E-state index in [0.717, 1.165) is 6.07 Å². The van der Waals surface area contributed by atoms with E-state index < -0.39 is 16.0 Å². The van der Waals surface area contributed by atoms with Crippen molar-refractivity contribution in [1.29, 1.82) is 0 Å². The fourth-order valence-electron chi connectivity index (χ4n) is 1.16. The van der Waals surface area contributed by atoms with Crippen LogP contribution in [0.4, 0.5) is 10.1 Å². The number of aldehydes is 1. The van der Waals surface area contributed by atoms with Gasteiger partial charge >= 0.3 is 0 Å². The quantitative estimate of drug-likeness (QED) is 0.757. The molecule has 94 valence electrons. The van der Waals surface area contributed by atoms with Gasteiger partial charge in [-0.05, 0) is 18.6 Å². The van der Waals surface area contributed by atoms with Crippen molar-refractivity contribution in [3.05, 3.63) is 29.6 Å². The first-order valence-corrected chi connectivity index (χ1v) is 6.49. The molecular formula is C10H13FN2O3S. The molecule has 0 unspecified atom stereocenters. The van der Waals surface area contributed by atoms with Gasteiger partial charge in [-0.1, -0.05) is 13.0 Å². The van der Waals surface area contributed by atoms with Crippen LogP contribution in [0.5, 0.6) is 0 Å². The molecule has 0 fully saturated rings. The highest BCUT2D eigenvalue weighted by Gasteiger charge is 2.13. The van der Waals surface area contributed by atoms with Gasteiger partial charge in [-0.15, -0.1) is 0 Å². The van der Waals surface area contributed by atoms with Gasteiger partial charge in [-0.3, -0.25) is 9.52 Å². The maximum absolute atomic E-state index is 13.2. The predicted molar refractivity (Wildman–Crippen MR) is 62.6 cm³/mol. The van der Waals surface area contributed by atoms with Gasteiger partial charge in [0.2, 0.25) is 0 Å². The Balaban J connectivity index is 2.95. The molecule has 1 rings (SSSR count). The standard InChI is InChI=1S/C10H13FN2O3S/c1-2-6-12-17(15,16)13-10-5-3-4-9(11)8(10)7-14/h3-5,7,12-13H,2,6H2,1H3. The summed E-state index contributed by atoms with van der Waals surface area (Å²) in [6.45, 7) is 2.07. The Morgan fingerprint density at radius 1 is 1.41 bits per heavy atom. The summed E-state index contributed by atoms with van der Waals surface area (Å²) < 4.78 is 40.5. The van der Waals surface area contributed by atoms with Crippen molar-refractivity contribution in [3.8, 4) is 0 Å². The van der Waals surface area contributed by atoms with Crippen LogP contribution in [0.15, 0.2) is 18.2 Å². The summed E-state index contributed by atoms with van der Waals surface area (Å²) in [5.41, 5.74) is -0.391. The molecule has 17 heavy (non-hydrogen) atoms. The van der Waals surface area contributed by atoms with E-state index in [0.29, 0.717) is 6.42 Å². The SMILES string of the molecule is CCCNS(=O)(=O)Nc1cccc(F)c1C=O. The molecule has 0 heterocycles. The summed E-state index contributed by atoms with van der Waals surface area (Å²) in [4.78, 5) is 10.7. The van der Waals surface area contributed by atoms with E-state index in [9.17, 15) is 17.6 Å². The van der Waals surface area contributed by atoms with E-state index >= 15 is 0 Å². The first-order valence-electron chi connectivity index (χ1n) is 5.01. The average molecular weight is 260 g/mol. The average Bonchev–Trinajstić information content (AvgIpc) is 2.26. The Morgan fingerprint density at radius 3 is 2.71 bits per heavy atom. The van der Waals surface area contributed by atoms with Crippen molar-refractivity contribution in [2.24, 2.45) is 0 Å². The maximum atomic E-state index is 13.2. The smallest absolute Gasteiger partial charge is 0.298 e. The second-order valence-corrected chi connectivity index (χ2v) is 4.82. The van der Waals surface area contributed by atoms with Crippen LogP contribution in [0.25, 0.3) is 0 Å². The van der Waals surface area contributed by atoms with Gasteiger partial charge in [0.1, 0.15) is 5.82 Å². The number of hydrogen-bond donors (Lipinski definition) is 2. The molecule has 1 aromatic rings. The van der Waals surface area contributed by atoms with Crippen molar-refractivity contribution >= 4 is 22.2 Å². The molecule has 0 aliphatic rings. The Bertz CT molecular complexity index is 502. The van der Waals surface area contributed by atoms with Crippen molar-refractivity contribution in [1.82, 2.24) is 4.72 Å². The number of halogens is 1. The van der Waals surface area contributed by atoms with E-state index in [4.69, 9.17) is 0 Å². The first kappa shape index (κ1) is 13.6. The third kappa shape index (κ3) is 3.79. The largest absolute Gasteiger partial charge is 0.299 e. The van der Waals surface area contributed by atoms with Gasteiger partial charge in [0.25, 0.3) is 10.2 Å². The summed E-state index contributed by atoms with van der Waals surface area (Å²) in [5, 5.41) is 0. The van der Waals surface area contributed by atoms with E-state index in [1.165, 1.54) is 12.1 Å². The van der Waals surface area contributed by atoms with E-state index in [1.54, 1.807) is 0 Å². The minimum Gasteiger partial charge on any atom is -0.298 e. The van der Waals surface area contributed by atoms with Crippen LogP contribution in [-0.4, -0.2) is 21.2 Å². The molecule has 0 atom stereocenters. The zero-order chi connectivity index (χ0) is 12.9. The molecule has 0 spiro atoms. The van der Waals surface area contributed by atoms with Gasteiger partial charge in [0, 0.05) is 6.54 Å². The number of benzene rings is 1. The van der Waals surface area contributed by atoms with Crippen molar-refractivity contribution in [2.45, 2.75) is 13.3 Å². The summed E-state index contributed by atoms with van der Waals surface area (Å²) >= 11 is 0. The molecular weight excluding hydrogens is 247 g/mol. The van der Waals surface area contributed by atoms with Crippen molar-refractivity contribution in [2.75, 3.05) is 11.3 Å². The monoisotopic (exact) mass is 260 g/mol. The van der Waals surface area contributed by atoms with Crippen LogP contribution in [0.1, 0.15) is 23.7 Å². The van der Waals surface area contributed by atoms with Crippen LogP contribution >= 0.6 is 0 Å². The normalized spacial score (nSPS) is 11.2. The third-order valence-electron chi connectivity index (χ3n) is 1.96. The highest BCUT2D eigenvalue weighted by atomic mass is 32.2. The number of carbonyl (C=O) groups excluding carboxylic acids is 1. The molecule has 0 aliphatic carbocycles. The highest BCUT2D eigenvalue weighted by molar-refractivity contribution is 7.90. The summed E-state index contributed by atoms with van der Waals surface area (Å²) in [6, 6.07) is 3.72. The van der Waals surface area contributed by atoms with Gasteiger partial charge in [-0.2, -0.15) is 13.1 Å². The Kier molecular flexibility index (Phi) is 4.59. The number of rotatable bonds is 6. The third-order valence-corrected chi connectivity index (χ3v) is 3.03. The zero-order valence-electron chi connectivity index (χ0n) is 9.23. The molecule has 0 aliphatic heterocycles. The molecule has 0 saturated carbocycles. The fourth-order valence-corrected chi connectivity index (χ4v) is 2.18. The summed E-state index contributed by atoms with van der Waals surface area (Å²) in [6.07, 6.45) is 0.900. The molecule has 1 aromatic carbocycles. The Labute approximate surface area is 99.2 Å². The topological polar surface area (TPSA) is 75.3 Å². The van der Waals surface area contributed by atoms with Crippen LogP contribution in [-0.2, 0) is 10.2 Å². The van der Waals surface area contributed by atoms with Crippen LogP contribution < -0.4 is 9.44 Å². The van der Waals surface area contributed by atoms with E-state index in [-0.39, 0.29) is 24.1 Å². The molecule has 5 nitrogen and oxygen atoms in total. The molecule has 0 bridgehead atoms. The van der Waals surface area contributed by atoms with Gasteiger partial charge < -0.3 is 0 Å². The highest BCUT2D eigenvalue weighted by Crippen LogP contribution is 2.17. The number of carbonyl (C=O) groups is 1. The molecule has 0 radical (unpaired) electrons. The lowest BCUT2D eigenvalue weighted by atomic mass is 10.2. The Morgan fingerprint density at radius 2 is 2.12 bits per heavy atom. The van der Waals surface area contributed by atoms with Crippen molar-refractivity contribution in [3.63, 3.8) is 0 Å². The minimum atomic E-state index is -3.77. The van der Waals surface area contributed by atoms with E-state index in [2.05, 4.69) is 9.44 Å².